The molecule has 9 heteroatoms. The van der Waals surface area contributed by atoms with Gasteiger partial charge in [0.25, 0.3) is 11.2 Å². The van der Waals surface area contributed by atoms with Crippen LogP contribution in [0, 0.1) is 10.1 Å². The molecule has 1 atom stereocenters. The number of benzene rings is 1. The Morgan fingerprint density at radius 2 is 1.96 bits per heavy atom. The summed E-state index contributed by atoms with van der Waals surface area (Å²) in [6.07, 6.45) is 5.29. The molecule has 1 amide bonds. The lowest BCUT2D eigenvalue weighted by atomic mass is 9.95. The Kier molecular flexibility index (Phi) is 4.77. The van der Waals surface area contributed by atoms with Gasteiger partial charge in [-0.15, -0.1) is 11.8 Å². The van der Waals surface area contributed by atoms with E-state index in [2.05, 4.69) is 10.4 Å². The Labute approximate surface area is 159 Å². The highest BCUT2D eigenvalue weighted by Crippen LogP contribution is 2.42. The van der Waals surface area contributed by atoms with Gasteiger partial charge in [-0.25, -0.2) is 0 Å². The molecule has 0 unspecified atom stereocenters. The number of nitro groups is 1. The molecule has 142 valence electrons. The van der Waals surface area contributed by atoms with Crippen LogP contribution in [0.15, 0.2) is 29.1 Å². The van der Waals surface area contributed by atoms with Crippen LogP contribution in [-0.2, 0) is 4.79 Å². The van der Waals surface area contributed by atoms with Gasteiger partial charge in [0, 0.05) is 12.1 Å². The van der Waals surface area contributed by atoms with Crippen molar-refractivity contribution in [2.75, 3.05) is 11.1 Å². The number of aromatic amines is 1. The Morgan fingerprint density at radius 1 is 1.19 bits per heavy atom. The number of rotatable bonds is 3. The zero-order chi connectivity index (χ0) is 19.0. The van der Waals surface area contributed by atoms with E-state index in [0.29, 0.717) is 16.9 Å². The van der Waals surface area contributed by atoms with Crippen LogP contribution in [0.5, 0.6) is 0 Å². The minimum Gasteiger partial charge on any atom is -0.310 e. The number of fused-ring (bicyclic) bond motifs is 1. The molecule has 4 rings (SSSR count). The smallest absolute Gasteiger partial charge is 0.270 e. The van der Waals surface area contributed by atoms with Crippen molar-refractivity contribution in [3.63, 3.8) is 0 Å². The van der Waals surface area contributed by atoms with E-state index >= 15 is 0 Å². The maximum absolute atomic E-state index is 12.8. The Bertz CT molecular complexity index is 945. The summed E-state index contributed by atoms with van der Waals surface area (Å²) in [5, 5.41) is 16.5. The summed E-state index contributed by atoms with van der Waals surface area (Å²) in [6.45, 7) is 0. The summed E-state index contributed by atoms with van der Waals surface area (Å²) in [5.74, 6) is 0.530. The van der Waals surface area contributed by atoms with Crippen LogP contribution in [0.25, 0.3) is 0 Å². The lowest BCUT2D eigenvalue weighted by molar-refractivity contribution is -0.384. The summed E-state index contributed by atoms with van der Waals surface area (Å²) in [6, 6.07) is 6.44. The predicted molar refractivity (Wildman–Crippen MR) is 103 cm³/mol. The lowest BCUT2D eigenvalue weighted by Gasteiger charge is -2.24. The number of hydrogen-bond donors (Lipinski definition) is 2. The first-order valence-electron chi connectivity index (χ1n) is 9.05. The van der Waals surface area contributed by atoms with Gasteiger partial charge in [-0.1, -0.05) is 31.4 Å². The van der Waals surface area contributed by atoms with Gasteiger partial charge in [-0.05, 0) is 18.4 Å². The van der Waals surface area contributed by atoms with Crippen LogP contribution >= 0.6 is 11.8 Å². The first-order chi connectivity index (χ1) is 13.0. The highest BCUT2D eigenvalue weighted by atomic mass is 32.2. The summed E-state index contributed by atoms with van der Waals surface area (Å²) in [4.78, 5) is 35.8. The predicted octanol–water partition coefficient (Wildman–Crippen LogP) is 3.36. The molecule has 2 N–H and O–H groups in total. The number of nitrogens with one attached hydrogen (secondary N) is 2. The van der Waals surface area contributed by atoms with E-state index in [0.717, 1.165) is 25.7 Å². The number of carbonyl (C=O) groups excluding carboxylic acids is 1. The number of thioether (sulfide) groups is 1. The number of amides is 1. The number of anilines is 1. The average Bonchev–Trinajstić information content (AvgIpc) is 2.88. The van der Waals surface area contributed by atoms with Crippen molar-refractivity contribution in [2.24, 2.45) is 0 Å². The first kappa shape index (κ1) is 17.8. The van der Waals surface area contributed by atoms with Crippen molar-refractivity contribution in [3.8, 4) is 0 Å². The number of non-ortho nitro benzene ring substituents is 1. The molecule has 1 aliphatic carbocycles. The Balaban J connectivity index is 1.82. The summed E-state index contributed by atoms with van der Waals surface area (Å²) >= 11 is 1.31. The molecule has 2 aromatic rings. The van der Waals surface area contributed by atoms with Crippen molar-refractivity contribution in [1.29, 1.82) is 0 Å². The summed E-state index contributed by atoms with van der Waals surface area (Å²) in [7, 11) is 0. The maximum atomic E-state index is 12.8. The van der Waals surface area contributed by atoms with Crippen LogP contribution < -0.4 is 10.9 Å². The van der Waals surface area contributed by atoms with Crippen molar-refractivity contribution in [3.05, 3.63) is 55.9 Å². The van der Waals surface area contributed by atoms with Gasteiger partial charge < -0.3 is 5.32 Å². The van der Waals surface area contributed by atoms with Gasteiger partial charge in [0.05, 0.1) is 27.5 Å². The average molecular weight is 388 g/mol. The standard InChI is InChI=1S/C18H20N4O4S/c23-14-10-27-16(11-5-4-8-13(9-11)22(25)26)15-17(19-14)21(20-18(15)24)12-6-2-1-3-7-12/h4-5,8-9,12,16H,1-3,6-7,10H2,(H,19,23)(H,20,24)/t16-/m0/s1. The van der Waals surface area contributed by atoms with Gasteiger partial charge in [-0.2, -0.15) is 0 Å². The van der Waals surface area contributed by atoms with E-state index < -0.39 is 10.2 Å². The van der Waals surface area contributed by atoms with E-state index in [1.54, 1.807) is 12.1 Å². The quantitative estimate of drug-likeness (QED) is 0.619. The molecular weight excluding hydrogens is 368 g/mol. The lowest BCUT2D eigenvalue weighted by Crippen LogP contribution is -2.21. The molecular formula is C18H20N4O4S. The zero-order valence-electron chi connectivity index (χ0n) is 14.6. The third-order valence-electron chi connectivity index (χ3n) is 5.19. The Hall–Kier alpha value is -2.55. The van der Waals surface area contributed by atoms with E-state index in [-0.39, 0.29) is 28.9 Å². The first-order valence-corrected chi connectivity index (χ1v) is 10.1. The molecule has 1 aromatic heterocycles. The fourth-order valence-electron chi connectivity index (χ4n) is 3.92. The van der Waals surface area contributed by atoms with Crippen molar-refractivity contribution >= 4 is 29.2 Å². The molecule has 1 fully saturated rings. The molecule has 0 bridgehead atoms. The fourth-order valence-corrected chi connectivity index (χ4v) is 5.04. The van der Waals surface area contributed by atoms with Gasteiger partial charge in [0.1, 0.15) is 5.82 Å². The molecule has 0 saturated heterocycles. The maximum Gasteiger partial charge on any atom is 0.270 e. The number of H-pyrrole nitrogens is 1. The largest absolute Gasteiger partial charge is 0.310 e. The molecule has 1 aromatic carbocycles. The van der Waals surface area contributed by atoms with E-state index in [1.807, 2.05) is 4.68 Å². The normalized spacial score (nSPS) is 20.6. The molecule has 1 saturated carbocycles. The van der Waals surface area contributed by atoms with Gasteiger partial charge in [0.15, 0.2) is 0 Å². The van der Waals surface area contributed by atoms with Crippen LogP contribution in [0.3, 0.4) is 0 Å². The van der Waals surface area contributed by atoms with Gasteiger partial charge >= 0.3 is 0 Å². The van der Waals surface area contributed by atoms with E-state index in [4.69, 9.17) is 0 Å². The van der Waals surface area contributed by atoms with Crippen LogP contribution in [-0.4, -0.2) is 26.4 Å². The van der Waals surface area contributed by atoms with Crippen molar-refractivity contribution in [1.82, 2.24) is 9.78 Å². The number of hydrogen-bond acceptors (Lipinski definition) is 5. The van der Waals surface area contributed by atoms with Crippen molar-refractivity contribution < 1.29 is 9.72 Å². The monoisotopic (exact) mass is 388 g/mol. The van der Waals surface area contributed by atoms with E-state index in [1.165, 1.54) is 30.3 Å². The highest BCUT2D eigenvalue weighted by molar-refractivity contribution is 8.00. The van der Waals surface area contributed by atoms with Gasteiger partial charge in [0.2, 0.25) is 5.91 Å². The third kappa shape index (κ3) is 3.39. The van der Waals surface area contributed by atoms with Crippen LogP contribution in [0.1, 0.15) is 54.5 Å². The summed E-state index contributed by atoms with van der Waals surface area (Å²) < 4.78 is 1.81. The van der Waals surface area contributed by atoms with Gasteiger partial charge in [-0.3, -0.25) is 29.5 Å². The third-order valence-corrected chi connectivity index (χ3v) is 6.46. The number of carbonyl (C=O) groups is 1. The molecule has 0 radical (unpaired) electrons. The Morgan fingerprint density at radius 3 is 2.70 bits per heavy atom. The minimum atomic E-state index is -0.452. The molecule has 27 heavy (non-hydrogen) atoms. The second-order valence-corrected chi connectivity index (χ2v) is 8.05. The SMILES string of the molecule is O=C1CS[C@@H](c2cccc([N+](=O)[O-])c2)c2c(n(C3CCCCC3)[nH]c2=O)N1. The topological polar surface area (TPSA) is 110 Å². The number of nitrogens with zero attached hydrogens (tertiary/aromatic N) is 2. The molecule has 1 aliphatic heterocycles. The second kappa shape index (κ2) is 7.22. The molecule has 8 nitrogen and oxygen atoms in total. The number of nitro benzene ring substituents is 1. The second-order valence-electron chi connectivity index (χ2n) is 6.96. The molecule has 0 spiro atoms. The van der Waals surface area contributed by atoms with Crippen LogP contribution in [0.4, 0.5) is 11.5 Å². The molecule has 2 heterocycles. The fraction of sp³-hybridized carbons (Fsp3) is 0.444. The highest BCUT2D eigenvalue weighted by Gasteiger charge is 2.33. The van der Waals surface area contributed by atoms with E-state index in [9.17, 15) is 19.7 Å². The van der Waals surface area contributed by atoms with Crippen LogP contribution in [0.2, 0.25) is 0 Å². The number of aromatic nitrogens is 2. The minimum absolute atomic E-state index is 0.0266. The molecule has 2 aliphatic rings. The zero-order valence-corrected chi connectivity index (χ0v) is 15.5. The summed E-state index contributed by atoms with van der Waals surface area (Å²) in [5.41, 5.74) is 0.846. The van der Waals surface area contributed by atoms with Crippen molar-refractivity contribution in [2.45, 2.75) is 43.4 Å².